The van der Waals surface area contributed by atoms with Gasteiger partial charge in [-0.3, -0.25) is 0 Å². The van der Waals surface area contributed by atoms with Gasteiger partial charge in [-0.05, 0) is 77.2 Å². The molecule has 0 radical (unpaired) electrons. The third kappa shape index (κ3) is 4.87. The Morgan fingerprint density at radius 2 is 1.68 bits per heavy atom. The van der Waals surface area contributed by atoms with Crippen molar-refractivity contribution in [2.24, 2.45) is 0 Å². The molecular weight excluding hydrogens is 414 g/mol. The first kappa shape index (κ1) is 20.3. The Bertz CT molecular complexity index is 952. The topological polar surface area (TPSA) is 30.5 Å². The van der Waals surface area contributed by atoms with Crippen LogP contribution in [0.5, 0.6) is 11.5 Å². The third-order valence-electron chi connectivity index (χ3n) is 4.88. The number of methoxy groups -OCH3 is 1. The van der Waals surface area contributed by atoms with Crippen molar-refractivity contribution in [1.82, 2.24) is 0 Å². The van der Waals surface area contributed by atoms with Gasteiger partial charge in [0, 0.05) is 12.2 Å². The van der Waals surface area contributed by atoms with E-state index in [2.05, 4.69) is 90.5 Å². The van der Waals surface area contributed by atoms with Gasteiger partial charge in [-0.1, -0.05) is 42.0 Å². The van der Waals surface area contributed by atoms with Crippen molar-refractivity contribution in [3.63, 3.8) is 0 Å². The van der Waals surface area contributed by atoms with E-state index in [4.69, 9.17) is 9.47 Å². The van der Waals surface area contributed by atoms with E-state index in [9.17, 15) is 0 Å². The smallest absolute Gasteiger partial charge is 0.175 e. The molecule has 0 saturated carbocycles. The molecule has 0 aromatic heterocycles. The standard InChI is InChI=1S/C24H26BrNO2/c1-16-8-10-19(11-9-16)15-28-24-21(25)12-20(13-23(24)27-4)14-26-22-7-5-6-17(2)18(22)3/h5-13,26H,14-15H2,1-4H3. The van der Waals surface area contributed by atoms with Crippen LogP contribution < -0.4 is 14.8 Å². The molecule has 3 aromatic rings. The molecule has 0 saturated heterocycles. The molecule has 0 atom stereocenters. The molecule has 1 N–H and O–H groups in total. The quantitative estimate of drug-likeness (QED) is 0.451. The highest BCUT2D eigenvalue weighted by Gasteiger charge is 2.12. The molecule has 0 fully saturated rings. The van der Waals surface area contributed by atoms with Gasteiger partial charge in [-0.15, -0.1) is 0 Å². The molecule has 0 unspecified atom stereocenters. The molecule has 4 heteroatoms. The minimum Gasteiger partial charge on any atom is -0.493 e. The molecule has 0 bridgehead atoms. The number of ether oxygens (including phenoxy) is 2. The summed E-state index contributed by atoms with van der Waals surface area (Å²) in [6.07, 6.45) is 0. The molecule has 0 spiro atoms. The SMILES string of the molecule is COc1cc(CNc2cccc(C)c2C)cc(Br)c1OCc1ccc(C)cc1. The Morgan fingerprint density at radius 1 is 0.929 bits per heavy atom. The molecule has 0 amide bonds. The van der Waals surface area contributed by atoms with Crippen molar-refractivity contribution in [2.45, 2.75) is 33.9 Å². The van der Waals surface area contributed by atoms with Gasteiger partial charge in [-0.2, -0.15) is 0 Å². The minimum atomic E-state index is 0.495. The van der Waals surface area contributed by atoms with Gasteiger partial charge >= 0.3 is 0 Å². The van der Waals surface area contributed by atoms with Crippen LogP contribution in [-0.2, 0) is 13.2 Å². The Kier molecular flexibility index (Phi) is 6.63. The lowest BCUT2D eigenvalue weighted by molar-refractivity contribution is 0.282. The van der Waals surface area contributed by atoms with E-state index in [0.29, 0.717) is 13.2 Å². The third-order valence-corrected chi connectivity index (χ3v) is 5.47. The predicted octanol–water partition coefficient (Wildman–Crippen LogP) is 6.57. The van der Waals surface area contributed by atoms with Crippen LogP contribution in [0, 0.1) is 20.8 Å². The van der Waals surface area contributed by atoms with Crippen LogP contribution in [-0.4, -0.2) is 7.11 Å². The van der Waals surface area contributed by atoms with Crippen LogP contribution in [0.2, 0.25) is 0 Å². The van der Waals surface area contributed by atoms with E-state index in [-0.39, 0.29) is 0 Å². The summed E-state index contributed by atoms with van der Waals surface area (Å²) in [5.74, 6) is 1.44. The van der Waals surface area contributed by atoms with Crippen LogP contribution in [0.15, 0.2) is 59.1 Å². The zero-order valence-corrected chi connectivity index (χ0v) is 18.4. The number of hydrogen-bond acceptors (Lipinski definition) is 3. The van der Waals surface area contributed by atoms with Crippen molar-refractivity contribution >= 4 is 21.6 Å². The van der Waals surface area contributed by atoms with Crippen molar-refractivity contribution in [3.8, 4) is 11.5 Å². The molecule has 0 aliphatic heterocycles. The van der Waals surface area contributed by atoms with Gasteiger partial charge in [-0.25, -0.2) is 0 Å². The van der Waals surface area contributed by atoms with Gasteiger partial charge in [0.1, 0.15) is 6.61 Å². The fraction of sp³-hybridized carbons (Fsp3) is 0.250. The molecule has 3 rings (SSSR count). The second-order valence-corrected chi connectivity index (χ2v) is 7.84. The van der Waals surface area contributed by atoms with Crippen molar-refractivity contribution in [1.29, 1.82) is 0 Å². The largest absolute Gasteiger partial charge is 0.493 e. The lowest BCUT2D eigenvalue weighted by Crippen LogP contribution is -2.04. The summed E-state index contributed by atoms with van der Waals surface area (Å²) in [6, 6.07) is 18.7. The Morgan fingerprint density at radius 3 is 2.39 bits per heavy atom. The van der Waals surface area contributed by atoms with Gasteiger partial charge in [0.25, 0.3) is 0 Å². The first-order valence-electron chi connectivity index (χ1n) is 9.32. The van der Waals surface area contributed by atoms with Crippen LogP contribution >= 0.6 is 15.9 Å². The molecular formula is C24H26BrNO2. The Labute approximate surface area is 175 Å². The highest BCUT2D eigenvalue weighted by atomic mass is 79.9. The second kappa shape index (κ2) is 9.16. The van der Waals surface area contributed by atoms with E-state index in [1.807, 2.05) is 6.07 Å². The second-order valence-electron chi connectivity index (χ2n) is 6.98. The van der Waals surface area contributed by atoms with E-state index in [1.54, 1.807) is 7.11 Å². The summed E-state index contributed by atoms with van der Waals surface area (Å²) in [5.41, 5.74) is 7.18. The maximum atomic E-state index is 6.05. The monoisotopic (exact) mass is 439 g/mol. The average molecular weight is 440 g/mol. The fourth-order valence-corrected chi connectivity index (χ4v) is 3.60. The molecule has 3 nitrogen and oxygen atoms in total. The lowest BCUT2D eigenvalue weighted by atomic mass is 10.1. The van der Waals surface area contributed by atoms with E-state index in [1.165, 1.54) is 16.7 Å². The average Bonchev–Trinajstić information content (AvgIpc) is 2.69. The highest BCUT2D eigenvalue weighted by Crippen LogP contribution is 2.37. The molecule has 0 heterocycles. The molecule has 28 heavy (non-hydrogen) atoms. The van der Waals surface area contributed by atoms with Gasteiger partial charge in [0.15, 0.2) is 11.5 Å². The zero-order chi connectivity index (χ0) is 20.1. The van der Waals surface area contributed by atoms with Gasteiger partial charge < -0.3 is 14.8 Å². The number of anilines is 1. The van der Waals surface area contributed by atoms with Crippen molar-refractivity contribution < 1.29 is 9.47 Å². The van der Waals surface area contributed by atoms with Crippen molar-refractivity contribution in [3.05, 3.63) is 86.9 Å². The molecule has 0 aliphatic carbocycles. The van der Waals surface area contributed by atoms with E-state index in [0.717, 1.165) is 32.8 Å². The van der Waals surface area contributed by atoms with Gasteiger partial charge in [0.05, 0.1) is 11.6 Å². The molecule has 146 valence electrons. The highest BCUT2D eigenvalue weighted by molar-refractivity contribution is 9.10. The number of benzene rings is 3. The summed E-state index contributed by atoms with van der Waals surface area (Å²) < 4.78 is 12.5. The Hall–Kier alpha value is -2.46. The van der Waals surface area contributed by atoms with Crippen molar-refractivity contribution in [2.75, 3.05) is 12.4 Å². The predicted molar refractivity (Wildman–Crippen MR) is 119 cm³/mol. The van der Waals surface area contributed by atoms with Crippen LogP contribution in [0.25, 0.3) is 0 Å². The minimum absolute atomic E-state index is 0.495. The van der Waals surface area contributed by atoms with E-state index < -0.39 is 0 Å². The van der Waals surface area contributed by atoms with Crippen LogP contribution in [0.3, 0.4) is 0 Å². The summed E-state index contributed by atoms with van der Waals surface area (Å²) in [7, 11) is 1.67. The first-order chi connectivity index (χ1) is 13.5. The first-order valence-corrected chi connectivity index (χ1v) is 10.1. The number of halogens is 1. The summed E-state index contributed by atoms with van der Waals surface area (Å²) >= 11 is 3.64. The van der Waals surface area contributed by atoms with Crippen LogP contribution in [0.1, 0.15) is 27.8 Å². The maximum Gasteiger partial charge on any atom is 0.175 e. The number of aryl methyl sites for hydroxylation is 2. The molecule has 3 aromatic carbocycles. The summed E-state index contributed by atoms with van der Waals surface area (Å²) in [6.45, 7) is 7.54. The normalized spacial score (nSPS) is 10.6. The number of rotatable bonds is 7. The maximum absolute atomic E-state index is 6.05. The summed E-state index contributed by atoms with van der Waals surface area (Å²) in [4.78, 5) is 0. The van der Waals surface area contributed by atoms with Gasteiger partial charge in [0.2, 0.25) is 0 Å². The summed E-state index contributed by atoms with van der Waals surface area (Å²) in [5, 5.41) is 3.51. The Balaban J connectivity index is 1.73. The van der Waals surface area contributed by atoms with E-state index >= 15 is 0 Å². The fourth-order valence-electron chi connectivity index (χ4n) is 3.00. The number of nitrogens with one attached hydrogen (secondary N) is 1. The van der Waals surface area contributed by atoms with Crippen LogP contribution in [0.4, 0.5) is 5.69 Å². The number of hydrogen-bond donors (Lipinski definition) is 1. The lowest BCUT2D eigenvalue weighted by Gasteiger charge is -2.16. The zero-order valence-electron chi connectivity index (χ0n) is 16.8. The molecule has 0 aliphatic rings.